The van der Waals surface area contributed by atoms with E-state index in [-0.39, 0.29) is 11.3 Å². The van der Waals surface area contributed by atoms with Crippen LogP contribution in [0.25, 0.3) is 0 Å². The van der Waals surface area contributed by atoms with Crippen LogP contribution in [0.3, 0.4) is 0 Å². The van der Waals surface area contributed by atoms with Gasteiger partial charge in [-0.05, 0) is 48.9 Å². The van der Waals surface area contributed by atoms with Gasteiger partial charge in [0.05, 0.1) is 24.1 Å². The fraction of sp³-hybridized carbons (Fsp3) is 0.263. The molecule has 0 saturated carbocycles. The van der Waals surface area contributed by atoms with E-state index in [9.17, 15) is 18.0 Å². The van der Waals surface area contributed by atoms with Gasteiger partial charge in [-0.15, -0.1) is 0 Å². The molecular weight excluding hydrogens is 384 g/mol. The number of benzene rings is 2. The molecule has 1 fully saturated rings. The van der Waals surface area contributed by atoms with Gasteiger partial charge in [-0.3, -0.25) is 9.10 Å². The maximum absolute atomic E-state index is 12.2. The fourth-order valence-electron chi connectivity index (χ4n) is 2.80. The summed E-state index contributed by atoms with van der Waals surface area (Å²) in [6, 6.07) is 12.9. The maximum atomic E-state index is 12.2. The normalized spacial score (nSPS) is 15.1. The lowest BCUT2D eigenvalue weighted by molar-refractivity contribution is -0.119. The van der Waals surface area contributed by atoms with Gasteiger partial charge in [-0.25, -0.2) is 13.2 Å². The predicted octanol–water partition coefficient (Wildman–Crippen LogP) is 2.03. The first-order valence-corrected chi connectivity index (χ1v) is 10.2. The highest BCUT2D eigenvalue weighted by Gasteiger charge is 2.28. The van der Waals surface area contributed by atoms with Crippen molar-refractivity contribution in [1.82, 2.24) is 0 Å². The van der Waals surface area contributed by atoms with Crippen LogP contribution in [0.5, 0.6) is 5.75 Å². The van der Waals surface area contributed by atoms with Gasteiger partial charge in [0.2, 0.25) is 10.0 Å². The van der Waals surface area contributed by atoms with Crippen LogP contribution in [0.15, 0.2) is 48.5 Å². The van der Waals surface area contributed by atoms with Crippen LogP contribution in [-0.4, -0.2) is 46.3 Å². The average Bonchev–Trinajstić information content (AvgIpc) is 3.06. The van der Waals surface area contributed by atoms with E-state index in [0.29, 0.717) is 30.1 Å². The molecule has 0 bridgehead atoms. The van der Waals surface area contributed by atoms with Crippen molar-refractivity contribution in [2.75, 3.05) is 35.6 Å². The first-order chi connectivity index (χ1) is 13.4. The summed E-state index contributed by atoms with van der Waals surface area (Å²) in [5, 5.41) is 2.61. The number of sulfonamides is 1. The summed E-state index contributed by atoms with van der Waals surface area (Å²) >= 11 is 0. The van der Waals surface area contributed by atoms with Crippen molar-refractivity contribution in [3.8, 4) is 5.75 Å². The van der Waals surface area contributed by atoms with Gasteiger partial charge in [0.15, 0.2) is 6.61 Å². The second kappa shape index (κ2) is 8.30. The summed E-state index contributed by atoms with van der Waals surface area (Å²) in [6.07, 6.45) is 0.544. The van der Waals surface area contributed by atoms with Crippen molar-refractivity contribution in [2.24, 2.45) is 0 Å². The summed E-state index contributed by atoms with van der Waals surface area (Å²) in [6.45, 7) is -0.0811. The first-order valence-electron chi connectivity index (χ1n) is 8.60. The molecule has 1 amide bonds. The van der Waals surface area contributed by atoms with Crippen molar-refractivity contribution in [1.29, 1.82) is 0 Å². The lowest BCUT2D eigenvalue weighted by Crippen LogP contribution is -2.25. The summed E-state index contributed by atoms with van der Waals surface area (Å²) in [5.41, 5.74) is 1.13. The zero-order valence-corrected chi connectivity index (χ0v) is 16.1. The molecule has 3 rings (SSSR count). The predicted molar refractivity (Wildman–Crippen MR) is 104 cm³/mol. The molecule has 0 aromatic heterocycles. The summed E-state index contributed by atoms with van der Waals surface area (Å²) in [4.78, 5) is 24.2. The Kier molecular flexibility index (Phi) is 5.84. The Morgan fingerprint density at radius 2 is 1.89 bits per heavy atom. The number of carbonyl (C=O) groups excluding carboxylic acids is 2. The Balaban J connectivity index is 1.58. The topological polar surface area (TPSA) is 102 Å². The minimum absolute atomic E-state index is 0.0905. The molecule has 0 aliphatic carbocycles. The van der Waals surface area contributed by atoms with E-state index < -0.39 is 28.5 Å². The fourth-order valence-corrected chi connectivity index (χ4v) is 4.36. The molecule has 1 aliphatic rings. The van der Waals surface area contributed by atoms with Crippen LogP contribution < -0.4 is 14.4 Å². The standard InChI is InChI=1S/C19H20N2O6S/c1-26-17-8-6-15(7-9-17)20-18(22)13-27-19(23)14-4-2-5-16(12-14)21-10-3-11-28(21,24)25/h2,4-9,12H,3,10-11,13H2,1H3,(H,20,22). The minimum Gasteiger partial charge on any atom is -0.497 e. The number of ether oxygens (including phenoxy) is 2. The van der Waals surface area contributed by atoms with Crippen LogP contribution in [0.4, 0.5) is 11.4 Å². The molecule has 1 heterocycles. The molecule has 0 radical (unpaired) electrons. The van der Waals surface area contributed by atoms with Gasteiger partial charge in [-0.2, -0.15) is 0 Å². The highest BCUT2D eigenvalue weighted by Crippen LogP contribution is 2.25. The molecule has 0 unspecified atom stereocenters. The maximum Gasteiger partial charge on any atom is 0.338 e. The van der Waals surface area contributed by atoms with E-state index in [0.717, 1.165) is 0 Å². The molecule has 8 nitrogen and oxygen atoms in total. The van der Waals surface area contributed by atoms with Gasteiger partial charge in [0.1, 0.15) is 5.75 Å². The molecule has 1 N–H and O–H groups in total. The van der Waals surface area contributed by atoms with E-state index >= 15 is 0 Å². The number of amides is 1. The number of nitrogens with one attached hydrogen (secondary N) is 1. The van der Waals surface area contributed by atoms with Crippen LogP contribution in [0.1, 0.15) is 16.8 Å². The largest absolute Gasteiger partial charge is 0.497 e. The molecular formula is C19H20N2O6S. The first kappa shape index (κ1) is 19.7. The smallest absolute Gasteiger partial charge is 0.338 e. The number of carbonyl (C=O) groups is 2. The molecule has 148 valence electrons. The Bertz CT molecular complexity index is 972. The molecule has 2 aromatic rings. The zero-order valence-electron chi connectivity index (χ0n) is 15.3. The van der Waals surface area contributed by atoms with Crippen LogP contribution in [0.2, 0.25) is 0 Å². The molecule has 0 atom stereocenters. The third-order valence-corrected chi connectivity index (χ3v) is 6.05. The van der Waals surface area contributed by atoms with Crippen molar-refractivity contribution in [2.45, 2.75) is 6.42 Å². The molecule has 0 spiro atoms. The Morgan fingerprint density at radius 3 is 2.54 bits per heavy atom. The number of esters is 1. The summed E-state index contributed by atoms with van der Waals surface area (Å²) in [5.74, 6) is -0.447. The van der Waals surface area contributed by atoms with Crippen molar-refractivity contribution in [3.05, 3.63) is 54.1 Å². The lowest BCUT2D eigenvalue weighted by Gasteiger charge is -2.17. The minimum atomic E-state index is -3.34. The van der Waals surface area contributed by atoms with Gasteiger partial charge >= 0.3 is 5.97 Å². The second-order valence-corrected chi connectivity index (χ2v) is 8.16. The van der Waals surface area contributed by atoms with Gasteiger partial charge in [0.25, 0.3) is 5.91 Å². The molecule has 2 aromatic carbocycles. The van der Waals surface area contributed by atoms with Gasteiger partial charge in [0, 0.05) is 12.2 Å². The van der Waals surface area contributed by atoms with Crippen molar-refractivity contribution < 1.29 is 27.5 Å². The quantitative estimate of drug-likeness (QED) is 0.739. The second-order valence-electron chi connectivity index (χ2n) is 6.14. The van der Waals surface area contributed by atoms with E-state index in [1.807, 2.05) is 0 Å². The van der Waals surface area contributed by atoms with Gasteiger partial charge in [-0.1, -0.05) is 6.07 Å². The zero-order chi connectivity index (χ0) is 20.1. The number of nitrogens with zero attached hydrogens (tertiary/aromatic N) is 1. The highest BCUT2D eigenvalue weighted by molar-refractivity contribution is 7.93. The summed E-state index contributed by atoms with van der Waals surface area (Å²) < 4.78 is 35.4. The van der Waals surface area contributed by atoms with E-state index in [1.165, 1.54) is 16.4 Å². The molecule has 1 aliphatic heterocycles. The Hall–Kier alpha value is -3.07. The number of hydrogen-bond donors (Lipinski definition) is 1. The number of methoxy groups -OCH3 is 1. The Morgan fingerprint density at radius 1 is 1.14 bits per heavy atom. The van der Waals surface area contributed by atoms with E-state index in [4.69, 9.17) is 9.47 Å². The van der Waals surface area contributed by atoms with Crippen LogP contribution >= 0.6 is 0 Å². The highest BCUT2D eigenvalue weighted by atomic mass is 32.2. The summed E-state index contributed by atoms with van der Waals surface area (Å²) in [7, 11) is -1.80. The van der Waals surface area contributed by atoms with Crippen molar-refractivity contribution in [3.63, 3.8) is 0 Å². The van der Waals surface area contributed by atoms with Crippen LogP contribution in [0, 0.1) is 0 Å². The molecule has 1 saturated heterocycles. The Labute approximate surface area is 163 Å². The number of rotatable bonds is 6. The van der Waals surface area contributed by atoms with Crippen LogP contribution in [-0.2, 0) is 19.6 Å². The van der Waals surface area contributed by atoms with E-state index in [1.54, 1.807) is 43.5 Å². The third-order valence-electron chi connectivity index (χ3n) is 4.18. The van der Waals surface area contributed by atoms with E-state index in [2.05, 4.69) is 5.32 Å². The lowest BCUT2D eigenvalue weighted by atomic mass is 10.2. The molecule has 28 heavy (non-hydrogen) atoms. The third kappa shape index (κ3) is 4.61. The monoisotopic (exact) mass is 404 g/mol. The molecule has 9 heteroatoms. The SMILES string of the molecule is COc1ccc(NC(=O)COC(=O)c2cccc(N3CCCS3(=O)=O)c2)cc1. The number of anilines is 2. The number of hydrogen-bond acceptors (Lipinski definition) is 6. The van der Waals surface area contributed by atoms with Gasteiger partial charge < -0.3 is 14.8 Å². The van der Waals surface area contributed by atoms with Crippen molar-refractivity contribution >= 4 is 33.3 Å². The average molecular weight is 404 g/mol.